The monoisotopic (exact) mass is 439 g/mol. The Balaban J connectivity index is 1.39. The molecule has 0 atom stereocenters. The quantitative estimate of drug-likeness (QED) is 0.574. The topological polar surface area (TPSA) is 106 Å². The summed E-state index contributed by atoms with van der Waals surface area (Å²) >= 11 is 0. The Hall–Kier alpha value is -3.55. The van der Waals surface area contributed by atoms with Gasteiger partial charge in [-0.25, -0.2) is 4.79 Å². The number of rotatable bonds is 7. The van der Waals surface area contributed by atoms with Crippen molar-refractivity contribution in [1.29, 1.82) is 0 Å². The van der Waals surface area contributed by atoms with E-state index >= 15 is 0 Å². The minimum Gasteiger partial charge on any atom is -0.490 e. The number of benzene rings is 2. The van der Waals surface area contributed by atoms with E-state index in [1.165, 1.54) is 7.11 Å². The molecule has 32 heavy (non-hydrogen) atoms. The van der Waals surface area contributed by atoms with Crippen LogP contribution in [0, 0.1) is 6.92 Å². The average Bonchev–Trinajstić information content (AvgIpc) is 2.80. The van der Waals surface area contributed by atoms with E-state index in [1.807, 2.05) is 31.2 Å². The lowest BCUT2D eigenvalue weighted by molar-refractivity contribution is -0.139. The first-order valence-electron chi connectivity index (χ1n) is 10.7. The molecule has 2 aromatic rings. The zero-order valence-corrected chi connectivity index (χ0v) is 18.4. The van der Waals surface area contributed by atoms with Gasteiger partial charge in [-0.2, -0.15) is 0 Å². The van der Waals surface area contributed by atoms with Gasteiger partial charge in [0, 0.05) is 17.3 Å². The summed E-state index contributed by atoms with van der Waals surface area (Å²) in [6.07, 6.45) is 3.39. The molecule has 1 fully saturated rings. The van der Waals surface area contributed by atoms with Crippen molar-refractivity contribution in [3.05, 3.63) is 59.7 Å². The van der Waals surface area contributed by atoms with Gasteiger partial charge in [-0.1, -0.05) is 17.7 Å². The predicted octanol–water partition coefficient (Wildman–Crippen LogP) is 3.41. The highest BCUT2D eigenvalue weighted by atomic mass is 16.5. The summed E-state index contributed by atoms with van der Waals surface area (Å²) in [6.45, 7) is 1.83. The Morgan fingerprint density at radius 2 is 1.59 bits per heavy atom. The molecule has 3 amide bonds. The third-order valence-electron chi connectivity index (χ3n) is 5.36. The first kappa shape index (κ1) is 23.1. The van der Waals surface area contributed by atoms with Gasteiger partial charge in [0.2, 0.25) is 0 Å². The Morgan fingerprint density at radius 1 is 0.938 bits per heavy atom. The SMILES string of the molecule is COC(=O)CNC(=O)c1ccc(OC2CCC(NC(=O)Nc3ccc(C)cc3)CC2)cc1. The van der Waals surface area contributed by atoms with Crippen LogP contribution in [-0.4, -0.2) is 43.7 Å². The van der Waals surface area contributed by atoms with E-state index < -0.39 is 5.97 Å². The lowest BCUT2D eigenvalue weighted by atomic mass is 9.93. The van der Waals surface area contributed by atoms with Crippen molar-refractivity contribution in [2.75, 3.05) is 19.0 Å². The van der Waals surface area contributed by atoms with Crippen LogP contribution in [0.2, 0.25) is 0 Å². The number of carbonyl (C=O) groups excluding carboxylic acids is 3. The van der Waals surface area contributed by atoms with Crippen LogP contribution >= 0.6 is 0 Å². The second-order valence-electron chi connectivity index (χ2n) is 7.84. The Labute approximate surface area is 187 Å². The summed E-state index contributed by atoms with van der Waals surface area (Å²) in [6, 6.07) is 14.4. The molecule has 0 aromatic heterocycles. The molecule has 0 heterocycles. The van der Waals surface area contributed by atoms with Crippen LogP contribution in [0.5, 0.6) is 5.75 Å². The molecule has 0 unspecified atom stereocenters. The Kier molecular flexibility index (Phi) is 8.08. The van der Waals surface area contributed by atoms with Crippen molar-refractivity contribution in [3.8, 4) is 5.75 Å². The van der Waals surface area contributed by atoms with E-state index in [4.69, 9.17) is 4.74 Å². The predicted molar refractivity (Wildman–Crippen MR) is 121 cm³/mol. The standard InChI is InChI=1S/C24H29N3O5/c1-16-3-7-18(8-4-16)26-24(30)27-19-9-13-21(14-10-19)32-20-11-5-17(6-12-20)23(29)25-15-22(28)31-2/h3-8,11-12,19,21H,9-10,13-15H2,1-2H3,(H,25,29)(H2,26,27,30). The van der Waals surface area contributed by atoms with E-state index in [-0.39, 0.29) is 30.6 Å². The maximum absolute atomic E-state index is 12.2. The summed E-state index contributed by atoms with van der Waals surface area (Å²) < 4.78 is 10.5. The largest absolute Gasteiger partial charge is 0.490 e. The third kappa shape index (κ3) is 7.01. The summed E-state index contributed by atoms with van der Waals surface area (Å²) in [5.41, 5.74) is 2.35. The molecule has 8 nitrogen and oxygen atoms in total. The number of aryl methyl sites for hydroxylation is 1. The highest BCUT2D eigenvalue weighted by Gasteiger charge is 2.23. The summed E-state index contributed by atoms with van der Waals surface area (Å²) in [5.74, 6) is -0.170. The number of amides is 3. The van der Waals surface area contributed by atoms with Gasteiger partial charge in [-0.3, -0.25) is 9.59 Å². The van der Waals surface area contributed by atoms with Crippen LogP contribution in [-0.2, 0) is 9.53 Å². The van der Waals surface area contributed by atoms with Gasteiger partial charge < -0.3 is 25.4 Å². The summed E-state index contributed by atoms with van der Waals surface area (Å²) in [7, 11) is 1.27. The minimum absolute atomic E-state index is 0.0622. The molecule has 0 spiro atoms. The second-order valence-corrected chi connectivity index (χ2v) is 7.84. The van der Waals surface area contributed by atoms with Gasteiger partial charge in [0.15, 0.2) is 0 Å². The Morgan fingerprint density at radius 3 is 2.22 bits per heavy atom. The molecule has 0 radical (unpaired) electrons. The molecule has 1 aliphatic rings. The highest BCUT2D eigenvalue weighted by molar-refractivity contribution is 5.96. The molecule has 0 bridgehead atoms. The number of hydrogen-bond donors (Lipinski definition) is 3. The zero-order valence-electron chi connectivity index (χ0n) is 18.4. The smallest absolute Gasteiger partial charge is 0.325 e. The number of carbonyl (C=O) groups is 3. The van der Waals surface area contributed by atoms with Crippen LogP contribution in [0.4, 0.5) is 10.5 Å². The van der Waals surface area contributed by atoms with E-state index in [1.54, 1.807) is 24.3 Å². The van der Waals surface area contributed by atoms with E-state index in [9.17, 15) is 14.4 Å². The molecule has 2 aromatic carbocycles. The number of methoxy groups -OCH3 is 1. The zero-order chi connectivity index (χ0) is 22.9. The lowest BCUT2D eigenvalue weighted by Gasteiger charge is -2.29. The molecule has 8 heteroatoms. The van der Waals surface area contributed by atoms with Crippen molar-refractivity contribution in [1.82, 2.24) is 10.6 Å². The van der Waals surface area contributed by atoms with Crippen LogP contribution < -0.4 is 20.7 Å². The number of ether oxygens (including phenoxy) is 2. The van der Waals surface area contributed by atoms with Gasteiger partial charge in [0.1, 0.15) is 12.3 Å². The molecule has 3 N–H and O–H groups in total. The third-order valence-corrected chi connectivity index (χ3v) is 5.36. The molecule has 1 aliphatic carbocycles. The minimum atomic E-state index is -0.504. The fourth-order valence-electron chi connectivity index (χ4n) is 3.52. The molecule has 0 saturated heterocycles. The maximum Gasteiger partial charge on any atom is 0.325 e. The number of esters is 1. The van der Waals surface area contributed by atoms with E-state index in [0.29, 0.717) is 11.3 Å². The number of hydrogen-bond acceptors (Lipinski definition) is 5. The number of urea groups is 1. The highest BCUT2D eigenvalue weighted by Crippen LogP contribution is 2.24. The fraction of sp³-hybridized carbons (Fsp3) is 0.375. The fourth-order valence-corrected chi connectivity index (χ4v) is 3.52. The van der Waals surface area contributed by atoms with Gasteiger partial charge in [0.25, 0.3) is 5.91 Å². The number of nitrogens with one attached hydrogen (secondary N) is 3. The van der Waals surface area contributed by atoms with Gasteiger partial charge in [-0.05, 0) is 69.0 Å². The van der Waals surface area contributed by atoms with Crippen molar-refractivity contribution < 1.29 is 23.9 Å². The molecule has 3 rings (SSSR count). The normalized spacial score (nSPS) is 17.7. The summed E-state index contributed by atoms with van der Waals surface area (Å²) in [5, 5.41) is 8.38. The lowest BCUT2D eigenvalue weighted by Crippen LogP contribution is -2.41. The van der Waals surface area contributed by atoms with Crippen molar-refractivity contribution in [3.63, 3.8) is 0 Å². The molecule has 0 aliphatic heterocycles. The first-order chi connectivity index (χ1) is 15.4. The van der Waals surface area contributed by atoms with E-state index in [2.05, 4.69) is 20.7 Å². The van der Waals surface area contributed by atoms with Crippen LogP contribution in [0.3, 0.4) is 0 Å². The molecular weight excluding hydrogens is 410 g/mol. The van der Waals surface area contributed by atoms with Crippen molar-refractivity contribution in [2.24, 2.45) is 0 Å². The second kappa shape index (κ2) is 11.2. The molecular formula is C24H29N3O5. The Bertz CT molecular complexity index is 920. The van der Waals surface area contributed by atoms with Crippen LogP contribution in [0.25, 0.3) is 0 Å². The van der Waals surface area contributed by atoms with Gasteiger partial charge >= 0.3 is 12.0 Å². The van der Waals surface area contributed by atoms with Crippen molar-refractivity contribution >= 4 is 23.6 Å². The van der Waals surface area contributed by atoms with Crippen LogP contribution in [0.15, 0.2) is 48.5 Å². The maximum atomic E-state index is 12.2. The van der Waals surface area contributed by atoms with Crippen LogP contribution in [0.1, 0.15) is 41.6 Å². The van der Waals surface area contributed by atoms with E-state index in [0.717, 1.165) is 36.9 Å². The summed E-state index contributed by atoms with van der Waals surface area (Å²) in [4.78, 5) is 35.4. The molecule has 1 saturated carbocycles. The van der Waals surface area contributed by atoms with Crippen molar-refractivity contribution in [2.45, 2.75) is 44.8 Å². The average molecular weight is 440 g/mol. The number of anilines is 1. The molecule has 170 valence electrons. The van der Waals surface area contributed by atoms with Gasteiger partial charge in [-0.15, -0.1) is 0 Å². The first-order valence-corrected chi connectivity index (χ1v) is 10.7. The van der Waals surface area contributed by atoms with Gasteiger partial charge in [0.05, 0.1) is 13.2 Å².